The first-order chi connectivity index (χ1) is 29.9. The van der Waals surface area contributed by atoms with Crippen LogP contribution in [0.5, 0.6) is 0 Å². The lowest BCUT2D eigenvalue weighted by molar-refractivity contribution is -0.130. The van der Waals surface area contributed by atoms with Crippen molar-refractivity contribution in [3.63, 3.8) is 0 Å². The van der Waals surface area contributed by atoms with Crippen molar-refractivity contribution in [3.8, 4) is 0 Å². The van der Waals surface area contributed by atoms with E-state index in [0.29, 0.717) is 52.2 Å². The molecule has 4 aromatic rings. The topological polar surface area (TPSA) is 136 Å². The molecule has 332 valence electrons. The van der Waals surface area contributed by atoms with Crippen molar-refractivity contribution in [1.29, 1.82) is 0 Å². The van der Waals surface area contributed by atoms with Crippen LogP contribution in [0, 0.1) is 23.3 Å². The van der Waals surface area contributed by atoms with Gasteiger partial charge in [-0.2, -0.15) is 0 Å². The smallest absolute Gasteiger partial charge is 0.182 e. The van der Waals surface area contributed by atoms with E-state index in [9.17, 15) is 17.6 Å². The number of halogens is 4. The highest BCUT2D eigenvalue weighted by Gasteiger charge is 2.46. The third-order valence-electron chi connectivity index (χ3n) is 14.5. The van der Waals surface area contributed by atoms with Crippen molar-refractivity contribution in [2.24, 2.45) is 25.6 Å². The molecule has 0 aliphatic carbocycles. The van der Waals surface area contributed by atoms with Crippen LogP contribution in [0.15, 0.2) is 36.4 Å². The highest BCUT2D eigenvalue weighted by Crippen LogP contribution is 2.41. The van der Waals surface area contributed by atoms with Gasteiger partial charge in [0.2, 0.25) is 0 Å². The summed E-state index contributed by atoms with van der Waals surface area (Å²) in [5.41, 5.74) is 17.4. The van der Waals surface area contributed by atoms with E-state index in [-0.39, 0.29) is 29.0 Å². The van der Waals surface area contributed by atoms with E-state index < -0.39 is 59.6 Å². The number of hydrogen-bond acceptors (Lipinski definition) is 11. The van der Waals surface area contributed by atoms with Gasteiger partial charge in [0.05, 0.1) is 36.0 Å². The number of nitrogens with two attached hydrogens (primary N) is 2. The fourth-order valence-corrected chi connectivity index (χ4v) is 11.1. The Labute approximate surface area is 358 Å². The molecule has 0 amide bonds. The minimum atomic E-state index is -0.729. The Bertz CT molecular complexity index is 2170. The van der Waals surface area contributed by atoms with Crippen LogP contribution >= 0.6 is 0 Å². The van der Waals surface area contributed by atoms with Crippen molar-refractivity contribution < 1.29 is 31.8 Å². The van der Waals surface area contributed by atoms with Gasteiger partial charge in [-0.1, -0.05) is 0 Å². The highest BCUT2D eigenvalue weighted by molar-refractivity contribution is 5.90. The molecule has 13 nitrogen and oxygen atoms in total. The molecular formula is C45H56F4N10O3. The molecule has 0 spiro atoms. The summed E-state index contributed by atoms with van der Waals surface area (Å²) in [6, 6.07) is 4.55. The van der Waals surface area contributed by atoms with Crippen LogP contribution in [-0.4, -0.2) is 108 Å². The molecule has 0 radical (unpaired) electrons. The zero-order chi connectivity index (χ0) is 43.0. The van der Waals surface area contributed by atoms with E-state index in [2.05, 4.69) is 28.7 Å². The van der Waals surface area contributed by atoms with Crippen molar-refractivity contribution in [2.45, 2.75) is 113 Å². The lowest BCUT2D eigenvalue weighted by Crippen LogP contribution is -2.48. The second kappa shape index (κ2) is 16.8. The molecule has 8 atom stereocenters. The van der Waals surface area contributed by atoms with E-state index in [1.165, 1.54) is 12.1 Å². The molecule has 0 saturated carbocycles. The van der Waals surface area contributed by atoms with E-state index in [1.807, 2.05) is 14.1 Å². The number of carbonyl (C=O) groups is 1. The van der Waals surface area contributed by atoms with E-state index in [4.69, 9.17) is 30.9 Å². The summed E-state index contributed by atoms with van der Waals surface area (Å²) < 4.78 is 73.8. The molecule has 2 unspecified atom stereocenters. The summed E-state index contributed by atoms with van der Waals surface area (Å²) in [5, 5.41) is 0. The van der Waals surface area contributed by atoms with E-state index >= 15 is 4.79 Å². The van der Waals surface area contributed by atoms with Gasteiger partial charge in [0.1, 0.15) is 59.2 Å². The summed E-state index contributed by atoms with van der Waals surface area (Å²) in [5.74, 6) is -0.520. The van der Waals surface area contributed by atoms with Gasteiger partial charge in [0.15, 0.2) is 5.78 Å². The number of nitrogens with zero attached hydrogens (tertiary/aromatic N) is 8. The molecule has 2 aromatic carbocycles. The second-order valence-corrected chi connectivity index (χ2v) is 18.3. The summed E-state index contributed by atoms with van der Waals surface area (Å²) >= 11 is 0. The van der Waals surface area contributed by atoms with Gasteiger partial charge >= 0.3 is 0 Å². The Kier molecular flexibility index (Phi) is 11.4. The van der Waals surface area contributed by atoms with Gasteiger partial charge in [-0.25, -0.2) is 27.5 Å². The molecule has 10 rings (SSSR count). The van der Waals surface area contributed by atoms with Crippen molar-refractivity contribution >= 4 is 5.78 Å². The Balaban J connectivity index is 0.863. The molecule has 4 saturated heterocycles. The fraction of sp³-hybridized carbons (Fsp3) is 0.578. The zero-order valence-electron chi connectivity index (χ0n) is 35.4. The van der Waals surface area contributed by atoms with E-state index in [1.54, 1.807) is 0 Å². The molecule has 6 aliphatic rings. The molecule has 8 heterocycles. The SMILES string of the molecule is Cn1c(C(C(=O)C(c2nc3c(n2C)CN([C@H]2CO[C@H](c4cc(F)ccc4F)[C@@H](N)C2)C3)N2CCCC2)N2CCCC2)nc2c1CN([C@H]1CO[C@H](c3cc(F)ccc3F)[C@@H](N)C1)C2. The average molecular weight is 861 g/mol. The van der Waals surface area contributed by atoms with Gasteiger partial charge in [0, 0.05) is 75.6 Å². The van der Waals surface area contributed by atoms with Crippen LogP contribution in [0.2, 0.25) is 0 Å². The lowest BCUT2D eigenvalue weighted by Gasteiger charge is -2.39. The number of hydrogen-bond donors (Lipinski definition) is 2. The second-order valence-electron chi connectivity index (χ2n) is 18.3. The Morgan fingerprint density at radius 1 is 0.645 bits per heavy atom. The third-order valence-corrected chi connectivity index (χ3v) is 14.5. The molecule has 6 aliphatic heterocycles. The normalized spacial score (nSPS) is 28.5. The van der Waals surface area contributed by atoms with Gasteiger partial charge < -0.3 is 30.1 Å². The maximum atomic E-state index is 15.5. The number of ether oxygens (including phenoxy) is 2. The number of benzene rings is 2. The lowest BCUT2D eigenvalue weighted by atomic mass is 9.93. The van der Waals surface area contributed by atoms with Crippen LogP contribution < -0.4 is 11.5 Å². The number of Topliss-reactive ketones (excluding diaryl/α,β-unsaturated/α-hetero) is 1. The molecule has 2 aromatic heterocycles. The van der Waals surface area contributed by atoms with Crippen molar-refractivity contribution in [1.82, 2.24) is 38.7 Å². The largest absolute Gasteiger partial charge is 0.370 e. The number of ketones is 1. The number of likely N-dealkylation sites (tertiary alicyclic amines) is 2. The first kappa shape index (κ1) is 41.9. The van der Waals surface area contributed by atoms with Crippen LogP contribution in [0.3, 0.4) is 0 Å². The summed E-state index contributed by atoms with van der Waals surface area (Å²) in [6.45, 7) is 6.24. The Morgan fingerprint density at radius 2 is 1.05 bits per heavy atom. The third kappa shape index (κ3) is 7.51. The molecule has 4 fully saturated rings. The van der Waals surface area contributed by atoms with Gasteiger partial charge in [-0.3, -0.25) is 24.4 Å². The first-order valence-electron chi connectivity index (χ1n) is 22.2. The van der Waals surface area contributed by atoms with Crippen LogP contribution in [-0.2, 0) is 54.5 Å². The number of fused-ring (bicyclic) bond motifs is 2. The Morgan fingerprint density at radius 3 is 1.42 bits per heavy atom. The van der Waals surface area contributed by atoms with Crippen LogP contribution in [0.4, 0.5) is 17.6 Å². The summed E-state index contributed by atoms with van der Waals surface area (Å²) in [6.07, 6.45) is 3.70. The van der Waals surface area contributed by atoms with Gasteiger partial charge in [-0.05, 0) is 101 Å². The number of aromatic nitrogens is 4. The van der Waals surface area contributed by atoms with Crippen LogP contribution in [0.1, 0.15) is 108 Å². The predicted octanol–water partition coefficient (Wildman–Crippen LogP) is 4.60. The van der Waals surface area contributed by atoms with Gasteiger partial charge in [-0.15, -0.1) is 0 Å². The molecular weight excluding hydrogens is 805 g/mol. The number of carbonyl (C=O) groups excluding carboxylic acids is 1. The quantitative estimate of drug-likeness (QED) is 0.217. The first-order valence-corrected chi connectivity index (χ1v) is 22.2. The standard InChI is InChI=1S/C45H56F4N10O3/c1-54-37-21-58(27-17-33(50)42(61-23-27)29-15-25(46)7-9-31(29)48)19-35(37)52-44(54)39(56-11-3-4-12-56)41(60)40(57-13-5-6-14-57)45-53-36-20-59(22-38(36)55(45)2)28-18-34(51)43(62-24-28)30-16-26(47)8-10-32(30)49/h7-10,15-16,27-28,33-34,39-40,42-43H,3-6,11-14,17-24,50-51H2,1-2H3/t27-,28-,33+,34+,39?,40?,42-,43-/m1/s1. The Hall–Kier alpha value is -4.07. The van der Waals surface area contributed by atoms with Gasteiger partial charge in [0.25, 0.3) is 0 Å². The minimum absolute atomic E-state index is 0.0311. The van der Waals surface area contributed by atoms with E-state index in [0.717, 1.165) is 111 Å². The maximum absolute atomic E-state index is 15.5. The summed E-state index contributed by atoms with van der Waals surface area (Å²) in [7, 11) is 4.03. The minimum Gasteiger partial charge on any atom is -0.370 e. The number of rotatable bonds is 10. The molecule has 62 heavy (non-hydrogen) atoms. The van der Waals surface area contributed by atoms with Crippen LogP contribution in [0.25, 0.3) is 0 Å². The fourth-order valence-electron chi connectivity index (χ4n) is 11.1. The molecule has 4 N–H and O–H groups in total. The molecule has 17 heteroatoms. The average Bonchev–Trinajstić information content (AvgIpc) is 4.12. The zero-order valence-corrected chi connectivity index (χ0v) is 35.4. The van der Waals surface area contributed by atoms with Crippen molar-refractivity contribution in [2.75, 3.05) is 39.4 Å². The van der Waals surface area contributed by atoms with Crippen molar-refractivity contribution in [3.05, 3.63) is 105 Å². The number of imidazole rings is 2. The highest BCUT2D eigenvalue weighted by atomic mass is 19.1. The summed E-state index contributed by atoms with van der Waals surface area (Å²) in [4.78, 5) is 35.2. The maximum Gasteiger partial charge on any atom is 0.182 e. The predicted molar refractivity (Wildman–Crippen MR) is 220 cm³/mol. The molecule has 0 bridgehead atoms. The monoisotopic (exact) mass is 860 g/mol.